The number of hydrogen-bond donors (Lipinski definition) is 1. The van der Waals surface area contributed by atoms with Crippen molar-refractivity contribution in [3.63, 3.8) is 0 Å². The number of ether oxygens (including phenoxy) is 1. The van der Waals surface area contributed by atoms with Crippen LogP contribution in [-0.2, 0) is 77.1 Å². The Labute approximate surface area is 532 Å². The van der Waals surface area contributed by atoms with Crippen molar-refractivity contribution >= 4 is 34.6 Å². The molecule has 9 heterocycles. The van der Waals surface area contributed by atoms with Gasteiger partial charge in [-0.3, -0.25) is 47.1 Å². The number of fused-ring (bicyclic) bond motifs is 3. The molecule has 34 heteroatoms. The van der Waals surface area contributed by atoms with Crippen LogP contribution in [0.3, 0.4) is 0 Å². The number of H-pyrrole nitrogens is 1. The highest BCUT2D eigenvalue weighted by molar-refractivity contribution is 6.07. The number of nitrogens with one attached hydrogen (secondary N) is 1. The fourth-order valence-corrected chi connectivity index (χ4v) is 10.7. The van der Waals surface area contributed by atoms with Gasteiger partial charge in [0.15, 0.2) is 11.6 Å². The van der Waals surface area contributed by atoms with Crippen LogP contribution in [-0.4, -0.2) is 81.3 Å². The van der Waals surface area contributed by atoms with Crippen molar-refractivity contribution in [3.05, 3.63) is 229 Å². The smallest absolute Gasteiger partial charge is 0.402 e. The monoisotopic (exact) mass is 1350 g/mol. The van der Waals surface area contributed by atoms with E-state index in [1.807, 2.05) is 6.92 Å². The molecule has 3 aliphatic rings. The molecule has 9 aromatic rings. The van der Waals surface area contributed by atoms with E-state index in [4.69, 9.17) is 0 Å². The molecule has 6 aromatic heterocycles. The van der Waals surface area contributed by atoms with Crippen molar-refractivity contribution in [2.45, 2.75) is 130 Å². The van der Waals surface area contributed by atoms with Gasteiger partial charge in [-0.1, -0.05) is 57.2 Å². The molecule has 1 N–H and O–H groups in total. The summed E-state index contributed by atoms with van der Waals surface area (Å²) in [5, 5.41) is 12.5. The lowest BCUT2D eigenvalue weighted by molar-refractivity contribution is -0.138. The fraction of sp³-hybridized carbons (Fsp3) is 0.323. The summed E-state index contributed by atoms with van der Waals surface area (Å²) in [7, 11) is 0. The molecule has 0 radical (unpaired) electrons. The second-order valence-electron chi connectivity index (χ2n) is 22.0. The quantitative estimate of drug-likeness (QED) is 0.0798. The second-order valence-corrected chi connectivity index (χ2v) is 22.0. The van der Waals surface area contributed by atoms with E-state index in [0.29, 0.717) is 76.2 Å². The highest BCUT2D eigenvalue weighted by atomic mass is 19.4. The summed E-state index contributed by atoms with van der Waals surface area (Å²) in [4.78, 5) is 81.9. The molecule has 3 aliphatic heterocycles. The summed E-state index contributed by atoms with van der Waals surface area (Å²) in [5.74, 6) is -0.130. The maximum absolute atomic E-state index is 13.6. The average Bonchev–Trinajstić information content (AvgIpc) is 1.56. The van der Waals surface area contributed by atoms with Crippen LogP contribution in [0.25, 0.3) is 0 Å². The zero-order valence-electron chi connectivity index (χ0n) is 50.7. The molecule has 0 amide bonds. The van der Waals surface area contributed by atoms with Gasteiger partial charge >= 0.3 is 49.1 Å². The first-order valence-corrected chi connectivity index (χ1v) is 29.4. The van der Waals surface area contributed by atoms with E-state index in [9.17, 15) is 81.0 Å². The molecular weight excluding hydrogens is 1300 g/mol. The van der Waals surface area contributed by atoms with E-state index in [-0.39, 0.29) is 96.4 Å². The highest BCUT2D eigenvalue weighted by Gasteiger charge is 2.34. The number of aromatic nitrogens is 12. The van der Waals surface area contributed by atoms with Crippen molar-refractivity contribution in [1.82, 2.24) is 57.6 Å². The first-order valence-electron chi connectivity index (χ1n) is 29.4. The van der Waals surface area contributed by atoms with E-state index >= 15 is 0 Å². The van der Waals surface area contributed by atoms with Crippen molar-refractivity contribution in [1.29, 1.82) is 0 Å². The lowest BCUT2D eigenvalue weighted by Gasteiger charge is -2.12. The molecule has 12 rings (SSSR count). The Morgan fingerprint density at radius 2 is 0.917 bits per heavy atom. The Morgan fingerprint density at radius 1 is 0.510 bits per heavy atom. The highest BCUT2D eigenvalue weighted by Crippen LogP contribution is 2.34. The van der Waals surface area contributed by atoms with E-state index in [1.54, 1.807) is 44.6 Å². The first-order chi connectivity index (χ1) is 45.5. The van der Waals surface area contributed by atoms with Gasteiger partial charge in [-0.15, -0.1) is 0 Å². The Bertz CT molecular complexity index is 4810. The molecule has 0 saturated heterocycles. The van der Waals surface area contributed by atoms with Crippen LogP contribution in [0.1, 0.15) is 113 Å². The zero-order chi connectivity index (χ0) is 69.1. The van der Waals surface area contributed by atoms with Crippen LogP contribution < -0.4 is 32.8 Å². The van der Waals surface area contributed by atoms with Gasteiger partial charge in [-0.05, 0) is 72.4 Å². The Kier molecular flexibility index (Phi) is 19.8. The predicted molar refractivity (Wildman–Crippen MR) is 322 cm³/mol. The first kappa shape index (κ1) is 68.3. The third kappa shape index (κ3) is 15.2. The summed E-state index contributed by atoms with van der Waals surface area (Å²) in [6.45, 7) is -0.172. The number of hydrogen-bond acceptors (Lipinski definition) is 13. The number of aliphatic imine (C=N–C) groups is 3. The molecule has 21 nitrogen and oxygen atoms in total. The summed E-state index contributed by atoms with van der Waals surface area (Å²) >= 11 is 0. The topological polar surface area (TPSA) is 234 Å². The Hall–Kier alpha value is -10.6. The molecule has 504 valence electrons. The molecule has 3 aromatic carbocycles. The van der Waals surface area contributed by atoms with Gasteiger partial charge < -0.3 is 4.74 Å². The zero-order valence-corrected chi connectivity index (χ0v) is 50.7. The van der Waals surface area contributed by atoms with Crippen molar-refractivity contribution < 1.29 is 61.8 Å². The van der Waals surface area contributed by atoms with Crippen LogP contribution in [0.5, 0.6) is 6.01 Å². The number of rotatable bonds is 18. The van der Waals surface area contributed by atoms with Gasteiger partial charge in [0.05, 0.1) is 88.7 Å². The fourth-order valence-electron chi connectivity index (χ4n) is 10.7. The Morgan fingerprint density at radius 3 is 1.36 bits per heavy atom. The number of benzene rings is 3. The van der Waals surface area contributed by atoms with Crippen LogP contribution in [0.15, 0.2) is 149 Å². The van der Waals surface area contributed by atoms with Crippen molar-refractivity contribution in [2.24, 2.45) is 15.0 Å². The molecule has 0 atom stereocenters. The molecule has 0 fully saturated rings. The van der Waals surface area contributed by atoms with E-state index in [2.05, 4.69) is 45.0 Å². The van der Waals surface area contributed by atoms with E-state index in [1.165, 1.54) is 56.9 Å². The van der Waals surface area contributed by atoms with Crippen LogP contribution in [0, 0.1) is 0 Å². The van der Waals surface area contributed by atoms with Gasteiger partial charge in [0.25, 0.3) is 16.7 Å². The molecule has 0 spiro atoms. The Balaban J connectivity index is 0.000000157. The normalized spacial score (nSPS) is 13.4. The van der Waals surface area contributed by atoms with E-state index < -0.39 is 76.9 Å². The largest absolute Gasteiger partial charge is 0.416 e. The lowest BCUT2D eigenvalue weighted by Crippen LogP contribution is -2.41. The molecule has 0 unspecified atom stereocenters. The lowest BCUT2D eigenvalue weighted by atomic mass is 10.1. The van der Waals surface area contributed by atoms with E-state index in [0.717, 1.165) is 50.1 Å². The van der Waals surface area contributed by atoms with Gasteiger partial charge in [-0.25, -0.2) is 29.1 Å². The SMILES string of the molecule is CCCn1c(=O)[nH]c2c(c1=O)CC(c1cnn(Cc3cccc(C(F)(F)F)c3)c1)=N2.CCCn1c(=O)c2c(n(C(F)F)c1=O)N=C(c1cnn(Cc3cccc(C(F)(F)F)c3)c1)C2.CCCn1c(OC(F)F)nc2c(c1=O)CC(c1cnn(Cc3cccc(C(F)(F)F)c3)c1)=N2. The van der Waals surface area contributed by atoms with Gasteiger partial charge in [0, 0.05) is 74.2 Å². The predicted octanol–water partition coefficient (Wildman–Crippen LogP) is 10.8. The second kappa shape index (κ2) is 27.8. The maximum Gasteiger partial charge on any atom is 0.416 e. The molecular formula is C62H54F13N15O6. The summed E-state index contributed by atoms with van der Waals surface area (Å²) in [6, 6.07) is 14.3. The van der Waals surface area contributed by atoms with Gasteiger partial charge in [-0.2, -0.15) is 77.4 Å². The minimum atomic E-state index is -4.47. The molecule has 0 aliphatic carbocycles. The minimum Gasteiger partial charge on any atom is -0.402 e. The third-order valence-electron chi connectivity index (χ3n) is 15.1. The summed E-state index contributed by atoms with van der Waals surface area (Å²) < 4.78 is 181. The molecule has 0 bridgehead atoms. The minimum absolute atomic E-state index is 0.00191. The average molecular weight is 1350 g/mol. The number of aromatic amines is 1. The standard InChI is InChI=1S/2C21H18F5N5O2.C20H18F3N5O2/c1-2-6-31-18(32)15-8-16(28-17(15)29-20(31)33-19(22)23)13-9-27-30(11-13)10-12-4-3-5-14(7-12)21(24,25)26;1-2-6-30-18(32)15-8-16(28-17(15)31(19(22)23)20(30)33)13-9-27-29(11-13)10-12-4-3-5-14(7-12)21(24,25)26;1-2-6-28-18(29)15-8-16(25-17(15)26-19(28)30)13-9-24-27(11-13)10-12-4-3-5-14(7-12)20(21,22)23/h2*3-5,7,9,11,19H,2,6,8,10H2,1H3;3-5,7,9,11H,2,6,8,10H2,1H3,(H,26,30). The number of halogens is 13. The molecule has 0 saturated carbocycles. The van der Waals surface area contributed by atoms with Gasteiger partial charge in [0.2, 0.25) is 0 Å². The summed E-state index contributed by atoms with van der Waals surface area (Å²) in [5.41, 5.74) is -0.615. The van der Waals surface area contributed by atoms with Crippen LogP contribution in [0.2, 0.25) is 0 Å². The van der Waals surface area contributed by atoms with Crippen molar-refractivity contribution in [2.75, 3.05) is 0 Å². The number of nitrogens with zero attached hydrogens (tertiary/aromatic N) is 14. The third-order valence-corrected chi connectivity index (χ3v) is 15.1. The summed E-state index contributed by atoms with van der Waals surface area (Å²) in [6.07, 6.45) is -2.30. The van der Waals surface area contributed by atoms with Crippen LogP contribution in [0.4, 0.5) is 74.5 Å². The molecule has 96 heavy (non-hydrogen) atoms. The maximum atomic E-state index is 13.6. The van der Waals surface area contributed by atoms with Gasteiger partial charge in [0.1, 0.15) is 5.82 Å². The van der Waals surface area contributed by atoms with Crippen LogP contribution >= 0.6 is 0 Å². The number of alkyl halides is 13. The van der Waals surface area contributed by atoms with Crippen molar-refractivity contribution in [3.8, 4) is 6.01 Å².